The topological polar surface area (TPSA) is 52.6 Å². The van der Waals surface area contributed by atoms with Gasteiger partial charge in [-0.25, -0.2) is 0 Å². The zero-order valence-corrected chi connectivity index (χ0v) is 12.3. The number of ether oxygens (including phenoxy) is 2. The molecule has 0 N–H and O–H groups in total. The van der Waals surface area contributed by atoms with Crippen molar-refractivity contribution in [1.82, 2.24) is 0 Å². The second-order valence-corrected chi connectivity index (χ2v) is 4.51. The van der Waals surface area contributed by atoms with Crippen molar-refractivity contribution in [3.63, 3.8) is 0 Å². The third-order valence-corrected chi connectivity index (χ3v) is 2.66. The molecule has 0 amide bonds. The van der Waals surface area contributed by atoms with Crippen molar-refractivity contribution in [1.29, 1.82) is 0 Å². The monoisotopic (exact) mass is 282 g/mol. The van der Waals surface area contributed by atoms with E-state index in [1.807, 2.05) is 12.2 Å². The fraction of sp³-hybridized carbons (Fsp3) is 0.625. The summed E-state index contributed by atoms with van der Waals surface area (Å²) < 4.78 is 10.0. The second kappa shape index (κ2) is 13.8. The maximum atomic E-state index is 11.3. The Morgan fingerprint density at radius 1 is 0.750 bits per heavy atom. The van der Waals surface area contributed by atoms with Crippen molar-refractivity contribution in [2.75, 3.05) is 13.2 Å². The zero-order valence-electron chi connectivity index (χ0n) is 12.3. The molecule has 0 atom stereocenters. The first kappa shape index (κ1) is 18.4. The first-order valence-corrected chi connectivity index (χ1v) is 7.23. The number of hydrogen-bond acceptors (Lipinski definition) is 4. The third kappa shape index (κ3) is 12.9. The van der Waals surface area contributed by atoms with Crippen molar-refractivity contribution < 1.29 is 19.1 Å². The van der Waals surface area contributed by atoms with E-state index < -0.39 is 0 Å². The van der Waals surface area contributed by atoms with Crippen LogP contribution in [0.2, 0.25) is 0 Å². The maximum absolute atomic E-state index is 11.3. The second-order valence-electron chi connectivity index (χ2n) is 4.51. The molecule has 0 aliphatic carbocycles. The highest BCUT2D eigenvalue weighted by molar-refractivity contribution is 5.77. The van der Waals surface area contributed by atoms with Gasteiger partial charge >= 0.3 is 11.9 Å². The number of carbonyl (C=O) groups is 2. The van der Waals surface area contributed by atoms with Crippen molar-refractivity contribution in [3.05, 3.63) is 25.3 Å². The molecular formula is C16H26O4. The highest BCUT2D eigenvalue weighted by Crippen LogP contribution is 2.01. The standard InChI is InChI=1S/C16H26O4/c1-3-5-7-9-13-19-15(17)11-12-16(18)20-14-10-8-6-4-2/h3-4H,1-2,5-14H2. The smallest absolute Gasteiger partial charge is 0.306 e. The van der Waals surface area contributed by atoms with Crippen LogP contribution in [0.3, 0.4) is 0 Å². The van der Waals surface area contributed by atoms with Crippen molar-refractivity contribution in [2.24, 2.45) is 0 Å². The molecular weight excluding hydrogens is 256 g/mol. The number of esters is 2. The molecule has 0 unspecified atom stereocenters. The molecule has 0 aliphatic rings. The van der Waals surface area contributed by atoms with Gasteiger partial charge in [0.25, 0.3) is 0 Å². The maximum Gasteiger partial charge on any atom is 0.306 e. The lowest BCUT2D eigenvalue weighted by atomic mass is 10.2. The average molecular weight is 282 g/mol. The number of hydrogen-bond donors (Lipinski definition) is 0. The average Bonchev–Trinajstić information content (AvgIpc) is 2.44. The quantitative estimate of drug-likeness (QED) is 0.294. The number of rotatable bonds is 13. The van der Waals surface area contributed by atoms with E-state index in [0.29, 0.717) is 13.2 Å². The Morgan fingerprint density at radius 2 is 1.15 bits per heavy atom. The van der Waals surface area contributed by atoms with Crippen LogP contribution in [0.1, 0.15) is 51.4 Å². The first-order chi connectivity index (χ1) is 9.70. The number of carbonyl (C=O) groups excluding carboxylic acids is 2. The Kier molecular flexibility index (Phi) is 12.7. The molecule has 0 bridgehead atoms. The molecule has 0 heterocycles. The Hall–Kier alpha value is -1.58. The fourth-order valence-corrected chi connectivity index (χ4v) is 1.50. The van der Waals surface area contributed by atoms with Gasteiger partial charge in [-0.2, -0.15) is 0 Å². The van der Waals surface area contributed by atoms with E-state index in [4.69, 9.17) is 9.47 Å². The summed E-state index contributed by atoms with van der Waals surface area (Å²) in [6.45, 7) is 8.05. The minimum Gasteiger partial charge on any atom is -0.466 e. The van der Waals surface area contributed by atoms with Crippen LogP contribution in [0.5, 0.6) is 0 Å². The highest BCUT2D eigenvalue weighted by atomic mass is 16.5. The van der Waals surface area contributed by atoms with Gasteiger partial charge in [0.15, 0.2) is 0 Å². The van der Waals surface area contributed by atoms with E-state index in [2.05, 4.69) is 13.2 Å². The molecule has 0 radical (unpaired) electrons. The van der Waals surface area contributed by atoms with E-state index in [9.17, 15) is 9.59 Å². The molecule has 0 aliphatic heterocycles. The summed E-state index contributed by atoms with van der Waals surface area (Å²) in [6, 6.07) is 0. The Morgan fingerprint density at radius 3 is 1.50 bits per heavy atom. The minimum absolute atomic E-state index is 0.0902. The molecule has 114 valence electrons. The molecule has 0 fully saturated rings. The van der Waals surface area contributed by atoms with Crippen LogP contribution in [0.4, 0.5) is 0 Å². The van der Waals surface area contributed by atoms with Gasteiger partial charge in [-0.15, -0.1) is 13.2 Å². The van der Waals surface area contributed by atoms with Gasteiger partial charge in [-0.1, -0.05) is 12.2 Å². The minimum atomic E-state index is -0.341. The molecule has 0 spiro atoms. The van der Waals surface area contributed by atoms with Gasteiger partial charge in [0.05, 0.1) is 26.1 Å². The summed E-state index contributed by atoms with van der Waals surface area (Å²) in [4.78, 5) is 22.7. The van der Waals surface area contributed by atoms with Crippen molar-refractivity contribution >= 4 is 11.9 Å². The summed E-state index contributed by atoms with van der Waals surface area (Å²) in [5.41, 5.74) is 0. The van der Waals surface area contributed by atoms with Gasteiger partial charge in [-0.3, -0.25) is 9.59 Å². The van der Waals surface area contributed by atoms with Crippen molar-refractivity contribution in [2.45, 2.75) is 51.4 Å². The summed E-state index contributed by atoms with van der Waals surface area (Å²) in [6.07, 6.45) is 9.29. The molecule has 20 heavy (non-hydrogen) atoms. The lowest BCUT2D eigenvalue weighted by molar-refractivity contribution is -0.150. The van der Waals surface area contributed by atoms with Gasteiger partial charge in [0.1, 0.15) is 0 Å². The molecule has 0 saturated carbocycles. The van der Waals surface area contributed by atoms with Crippen LogP contribution >= 0.6 is 0 Å². The first-order valence-electron chi connectivity index (χ1n) is 7.23. The summed E-state index contributed by atoms with van der Waals surface area (Å²) in [5.74, 6) is -0.681. The van der Waals surface area contributed by atoms with Gasteiger partial charge in [0, 0.05) is 0 Å². The number of unbranched alkanes of at least 4 members (excludes halogenated alkanes) is 4. The summed E-state index contributed by atoms with van der Waals surface area (Å²) in [7, 11) is 0. The normalized spacial score (nSPS) is 9.80. The third-order valence-electron chi connectivity index (χ3n) is 2.66. The van der Waals surface area contributed by atoms with Crippen LogP contribution in [-0.4, -0.2) is 25.2 Å². The molecule has 0 aromatic heterocycles. The summed E-state index contributed by atoms with van der Waals surface area (Å²) >= 11 is 0. The predicted molar refractivity (Wildman–Crippen MR) is 79.2 cm³/mol. The van der Waals surface area contributed by atoms with E-state index in [1.54, 1.807) is 0 Å². The van der Waals surface area contributed by atoms with Crippen molar-refractivity contribution in [3.8, 4) is 0 Å². The summed E-state index contributed by atoms with van der Waals surface area (Å²) in [5, 5.41) is 0. The lowest BCUT2D eigenvalue weighted by Gasteiger charge is -2.05. The van der Waals surface area contributed by atoms with E-state index >= 15 is 0 Å². The molecule has 0 aromatic rings. The Balaban J connectivity index is 3.41. The van der Waals surface area contributed by atoms with E-state index in [1.165, 1.54) is 0 Å². The molecule has 0 rings (SSSR count). The van der Waals surface area contributed by atoms with E-state index in [-0.39, 0.29) is 24.8 Å². The largest absolute Gasteiger partial charge is 0.466 e. The Bertz CT molecular complexity index is 267. The van der Waals surface area contributed by atoms with Crippen LogP contribution in [0.15, 0.2) is 25.3 Å². The Labute approximate surface area is 121 Å². The lowest BCUT2D eigenvalue weighted by Crippen LogP contribution is -2.11. The van der Waals surface area contributed by atoms with Gasteiger partial charge in [-0.05, 0) is 38.5 Å². The highest BCUT2D eigenvalue weighted by Gasteiger charge is 2.08. The molecule has 0 saturated heterocycles. The van der Waals surface area contributed by atoms with Gasteiger partial charge < -0.3 is 9.47 Å². The molecule has 0 aromatic carbocycles. The van der Waals surface area contributed by atoms with Crippen LogP contribution in [-0.2, 0) is 19.1 Å². The van der Waals surface area contributed by atoms with Crippen LogP contribution < -0.4 is 0 Å². The molecule has 4 nitrogen and oxygen atoms in total. The fourth-order valence-electron chi connectivity index (χ4n) is 1.50. The SMILES string of the molecule is C=CCCCCOC(=O)CCC(=O)OCCCCC=C. The zero-order chi connectivity index (χ0) is 15.1. The molecule has 4 heteroatoms. The number of allylic oxidation sites excluding steroid dienone is 2. The van der Waals surface area contributed by atoms with Crippen LogP contribution in [0, 0.1) is 0 Å². The van der Waals surface area contributed by atoms with Crippen LogP contribution in [0.25, 0.3) is 0 Å². The van der Waals surface area contributed by atoms with E-state index in [0.717, 1.165) is 38.5 Å². The van der Waals surface area contributed by atoms with Gasteiger partial charge in [0.2, 0.25) is 0 Å². The predicted octanol–water partition coefficient (Wildman–Crippen LogP) is 3.57.